The van der Waals surface area contributed by atoms with Crippen LogP contribution in [-0.2, 0) is 7.05 Å². The maximum atomic E-state index is 14.3. The predicted molar refractivity (Wildman–Crippen MR) is 139 cm³/mol. The fraction of sp³-hybridized carbons (Fsp3) is 0.464. The van der Waals surface area contributed by atoms with E-state index in [0.29, 0.717) is 29.2 Å². The van der Waals surface area contributed by atoms with E-state index >= 15 is 0 Å². The molecule has 1 aliphatic carbocycles. The Kier molecular flexibility index (Phi) is 6.84. The highest BCUT2D eigenvalue weighted by molar-refractivity contribution is 5.60. The molecule has 1 saturated heterocycles. The summed E-state index contributed by atoms with van der Waals surface area (Å²) in [7, 11) is 3.95. The fourth-order valence-electron chi connectivity index (χ4n) is 5.62. The van der Waals surface area contributed by atoms with Gasteiger partial charge in [0.25, 0.3) is 5.56 Å². The van der Waals surface area contributed by atoms with Gasteiger partial charge in [0.05, 0.1) is 11.9 Å². The van der Waals surface area contributed by atoms with Gasteiger partial charge in [-0.05, 0) is 49.4 Å². The molecule has 0 amide bonds. The average molecular weight is 476 g/mol. The molecule has 5 rings (SSSR count). The number of anilines is 2. The molecule has 1 atom stereocenters. The highest BCUT2D eigenvalue weighted by Gasteiger charge is 2.25. The van der Waals surface area contributed by atoms with Gasteiger partial charge >= 0.3 is 0 Å². The van der Waals surface area contributed by atoms with Gasteiger partial charge in [-0.15, -0.1) is 0 Å². The van der Waals surface area contributed by atoms with Crippen molar-refractivity contribution >= 4 is 11.6 Å². The van der Waals surface area contributed by atoms with Crippen LogP contribution < -0.4 is 15.4 Å². The molecule has 3 heterocycles. The van der Waals surface area contributed by atoms with Crippen LogP contribution in [-0.4, -0.2) is 40.7 Å². The van der Waals surface area contributed by atoms with Crippen molar-refractivity contribution in [1.29, 1.82) is 0 Å². The van der Waals surface area contributed by atoms with Gasteiger partial charge < -0.3 is 9.80 Å². The molecule has 3 aromatic rings. The summed E-state index contributed by atoms with van der Waals surface area (Å²) in [5, 5.41) is 0. The Labute approximate surface area is 206 Å². The largest absolute Gasteiger partial charge is 0.372 e. The molecule has 2 fully saturated rings. The molecule has 7 heteroatoms. The topological polar surface area (TPSA) is 54.3 Å². The number of hydrogen-bond donors (Lipinski definition) is 0. The normalized spacial score (nSPS) is 19.1. The Bertz CT molecular complexity index is 1220. The SMILES string of the molecule is CN(c1ccc(C2CCCN(c3nc(-c4ccncc4F)cc(=O)n3C)C2)cc1)C1CCCCC1. The summed E-state index contributed by atoms with van der Waals surface area (Å²) < 4.78 is 15.9. The van der Waals surface area contributed by atoms with Crippen molar-refractivity contribution in [3.8, 4) is 11.3 Å². The van der Waals surface area contributed by atoms with Crippen LogP contribution in [0.5, 0.6) is 0 Å². The number of aromatic nitrogens is 3. The van der Waals surface area contributed by atoms with E-state index < -0.39 is 5.82 Å². The van der Waals surface area contributed by atoms with Gasteiger partial charge in [0, 0.05) is 62.7 Å². The number of hydrogen-bond acceptors (Lipinski definition) is 5. The van der Waals surface area contributed by atoms with Crippen LogP contribution in [0.1, 0.15) is 56.4 Å². The van der Waals surface area contributed by atoms with Crippen molar-refractivity contribution in [2.24, 2.45) is 7.05 Å². The third-order valence-electron chi connectivity index (χ3n) is 7.76. The fourth-order valence-corrected chi connectivity index (χ4v) is 5.62. The summed E-state index contributed by atoms with van der Waals surface area (Å²) >= 11 is 0. The monoisotopic (exact) mass is 475 g/mol. The molecule has 2 aliphatic rings. The zero-order valence-electron chi connectivity index (χ0n) is 20.7. The minimum absolute atomic E-state index is 0.196. The van der Waals surface area contributed by atoms with E-state index in [1.54, 1.807) is 17.7 Å². The summed E-state index contributed by atoms with van der Waals surface area (Å²) in [4.78, 5) is 25.9. The van der Waals surface area contributed by atoms with Crippen molar-refractivity contribution in [3.63, 3.8) is 0 Å². The van der Waals surface area contributed by atoms with Crippen molar-refractivity contribution in [1.82, 2.24) is 14.5 Å². The third-order valence-corrected chi connectivity index (χ3v) is 7.76. The first-order valence-corrected chi connectivity index (χ1v) is 12.8. The lowest BCUT2D eigenvalue weighted by Gasteiger charge is -2.35. The average Bonchev–Trinajstić information content (AvgIpc) is 2.91. The number of rotatable bonds is 5. The van der Waals surface area contributed by atoms with Gasteiger partial charge in [-0.1, -0.05) is 31.4 Å². The first-order valence-electron chi connectivity index (χ1n) is 12.8. The number of benzene rings is 1. The molecule has 35 heavy (non-hydrogen) atoms. The summed E-state index contributed by atoms with van der Waals surface area (Å²) in [5.74, 6) is 0.465. The van der Waals surface area contributed by atoms with Crippen molar-refractivity contribution < 1.29 is 4.39 Å². The molecule has 0 spiro atoms. The van der Waals surface area contributed by atoms with E-state index in [9.17, 15) is 9.18 Å². The zero-order chi connectivity index (χ0) is 24.4. The number of nitrogens with zero attached hydrogens (tertiary/aromatic N) is 5. The van der Waals surface area contributed by atoms with Crippen LogP contribution in [0.2, 0.25) is 0 Å². The highest BCUT2D eigenvalue weighted by Crippen LogP contribution is 2.32. The van der Waals surface area contributed by atoms with Crippen LogP contribution in [0.4, 0.5) is 16.0 Å². The van der Waals surface area contributed by atoms with Crippen LogP contribution in [0.25, 0.3) is 11.3 Å². The maximum Gasteiger partial charge on any atom is 0.255 e. The van der Waals surface area contributed by atoms with Crippen LogP contribution >= 0.6 is 0 Å². The summed E-state index contributed by atoms with van der Waals surface area (Å²) in [5.41, 5.74) is 3.05. The van der Waals surface area contributed by atoms with Gasteiger partial charge in [0.15, 0.2) is 5.82 Å². The van der Waals surface area contributed by atoms with E-state index in [0.717, 1.165) is 32.1 Å². The Morgan fingerprint density at radius 3 is 2.54 bits per heavy atom. The van der Waals surface area contributed by atoms with Gasteiger partial charge in [-0.2, -0.15) is 0 Å². The minimum Gasteiger partial charge on any atom is -0.372 e. The quantitative estimate of drug-likeness (QED) is 0.512. The number of pyridine rings is 1. The maximum absolute atomic E-state index is 14.3. The Morgan fingerprint density at radius 2 is 1.80 bits per heavy atom. The first kappa shape index (κ1) is 23.5. The molecule has 184 valence electrons. The van der Waals surface area contributed by atoms with Gasteiger partial charge in [-0.3, -0.25) is 14.3 Å². The smallest absolute Gasteiger partial charge is 0.255 e. The Balaban J connectivity index is 1.36. The molecule has 1 saturated carbocycles. The lowest BCUT2D eigenvalue weighted by molar-refractivity contribution is 0.427. The summed E-state index contributed by atoms with van der Waals surface area (Å²) in [6.45, 7) is 1.60. The molecule has 6 nitrogen and oxygen atoms in total. The van der Waals surface area contributed by atoms with Gasteiger partial charge in [0.1, 0.15) is 0 Å². The summed E-state index contributed by atoms with van der Waals surface area (Å²) in [6, 6.07) is 12.6. The van der Waals surface area contributed by atoms with E-state index in [2.05, 4.69) is 46.1 Å². The standard InChI is InChI=1S/C28H34FN5O/c1-32(22-8-4-3-5-9-22)23-12-10-20(11-13-23)21-7-6-16-34(19-21)28-31-26(17-27(35)33(28)2)24-14-15-30-18-25(24)29/h10-15,17-18,21-22H,3-9,16,19H2,1-2H3. The Hall–Kier alpha value is -3.22. The molecular formula is C28H34FN5O. The molecule has 2 aromatic heterocycles. The first-order chi connectivity index (χ1) is 17.0. The lowest BCUT2D eigenvalue weighted by atomic mass is 9.90. The zero-order valence-corrected chi connectivity index (χ0v) is 20.7. The lowest BCUT2D eigenvalue weighted by Crippen LogP contribution is -2.38. The van der Waals surface area contributed by atoms with E-state index in [1.165, 1.54) is 55.6 Å². The van der Waals surface area contributed by atoms with E-state index in [1.807, 2.05) is 0 Å². The van der Waals surface area contributed by atoms with Crippen LogP contribution in [0, 0.1) is 5.82 Å². The van der Waals surface area contributed by atoms with Crippen LogP contribution in [0.3, 0.4) is 0 Å². The van der Waals surface area contributed by atoms with E-state index in [-0.39, 0.29) is 5.56 Å². The summed E-state index contributed by atoms with van der Waals surface area (Å²) in [6.07, 6.45) is 11.4. The van der Waals surface area contributed by atoms with Crippen LogP contribution in [0.15, 0.2) is 53.6 Å². The van der Waals surface area contributed by atoms with Gasteiger partial charge in [-0.25, -0.2) is 9.37 Å². The predicted octanol–water partition coefficient (Wildman–Crippen LogP) is 5.13. The molecule has 0 N–H and O–H groups in total. The van der Waals surface area contributed by atoms with Crippen molar-refractivity contribution in [2.45, 2.75) is 56.9 Å². The molecular weight excluding hydrogens is 441 g/mol. The molecule has 0 bridgehead atoms. The number of halogens is 1. The van der Waals surface area contributed by atoms with Gasteiger partial charge in [0.2, 0.25) is 5.95 Å². The molecule has 1 aliphatic heterocycles. The molecule has 1 unspecified atom stereocenters. The third kappa shape index (κ3) is 4.95. The second-order valence-electron chi connectivity index (χ2n) is 9.97. The second-order valence-corrected chi connectivity index (χ2v) is 9.97. The number of piperidine rings is 1. The van der Waals surface area contributed by atoms with Crippen molar-refractivity contribution in [3.05, 3.63) is 70.5 Å². The molecule has 0 radical (unpaired) electrons. The Morgan fingerprint density at radius 1 is 1.03 bits per heavy atom. The second kappa shape index (κ2) is 10.2. The highest BCUT2D eigenvalue weighted by atomic mass is 19.1. The van der Waals surface area contributed by atoms with Crippen molar-refractivity contribution in [2.75, 3.05) is 29.9 Å². The minimum atomic E-state index is -0.478. The van der Waals surface area contributed by atoms with E-state index in [4.69, 9.17) is 4.98 Å². The molecule has 1 aromatic carbocycles.